The van der Waals surface area contributed by atoms with Crippen molar-refractivity contribution in [2.45, 2.75) is 12.9 Å². The normalized spacial score (nSPS) is 13.5. The molecule has 0 fully saturated rings. The van der Waals surface area contributed by atoms with E-state index in [0.29, 0.717) is 17.1 Å². The van der Waals surface area contributed by atoms with E-state index in [-0.39, 0.29) is 66.7 Å². The maximum Gasteiger partial charge on any atom is 0.573 e. The number of carbonyl (C=O) groups is 2. The Kier molecular flexibility index (Phi) is 8.25. The molecule has 0 saturated heterocycles. The molecule has 0 bridgehead atoms. The van der Waals surface area contributed by atoms with Gasteiger partial charge in [-0.25, -0.2) is 0 Å². The van der Waals surface area contributed by atoms with Crippen molar-refractivity contribution in [3.05, 3.63) is 65.2 Å². The highest BCUT2D eigenvalue weighted by Gasteiger charge is 2.34. The summed E-state index contributed by atoms with van der Waals surface area (Å²) in [4.78, 5) is 29.8. The summed E-state index contributed by atoms with van der Waals surface area (Å²) in [5.74, 6) is -0.732. The Morgan fingerprint density at radius 1 is 1.00 bits per heavy atom. The van der Waals surface area contributed by atoms with E-state index in [2.05, 4.69) is 20.4 Å². The Balaban J connectivity index is 0.00000341. The first kappa shape index (κ1) is 24.4. The Hall–Kier alpha value is -2.83. The zero-order valence-corrected chi connectivity index (χ0v) is 18.7. The number of nitrogens with zero attached hydrogens (tertiary/aromatic N) is 2. The van der Waals surface area contributed by atoms with Crippen molar-refractivity contribution in [1.29, 1.82) is 0 Å². The lowest BCUT2D eigenvalue weighted by Gasteiger charge is -2.17. The van der Waals surface area contributed by atoms with E-state index < -0.39 is 6.36 Å². The van der Waals surface area contributed by atoms with E-state index in [1.54, 1.807) is 30.3 Å². The molecule has 166 valence electrons. The second-order valence-corrected chi connectivity index (χ2v) is 6.32. The summed E-state index contributed by atoms with van der Waals surface area (Å²) in [7, 11) is 1.50. The smallest absolute Gasteiger partial charge is 0.405 e. The topological polar surface area (TPSA) is 83.0 Å². The average Bonchev–Trinajstić information content (AvgIpc) is 2.95. The van der Waals surface area contributed by atoms with E-state index in [0.717, 1.165) is 4.90 Å². The third-order valence-corrected chi connectivity index (χ3v) is 4.37. The van der Waals surface area contributed by atoms with Crippen LogP contribution in [0.25, 0.3) is 0 Å². The summed E-state index contributed by atoms with van der Waals surface area (Å²) >= 11 is 0. The van der Waals surface area contributed by atoms with Crippen LogP contribution in [0.3, 0.4) is 0 Å². The zero-order valence-electron chi connectivity index (χ0n) is 16.4. The van der Waals surface area contributed by atoms with Crippen LogP contribution >= 0.6 is 24.0 Å². The molecule has 7 nitrogen and oxygen atoms in total. The zero-order chi connectivity index (χ0) is 21.7. The lowest BCUT2D eigenvalue weighted by Crippen LogP contribution is -2.42. The minimum Gasteiger partial charge on any atom is -0.405 e. The summed E-state index contributed by atoms with van der Waals surface area (Å²) in [5.41, 5.74) is 1.02. The molecule has 0 spiro atoms. The largest absolute Gasteiger partial charge is 0.573 e. The molecule has 1 heterocycles. The van der Waals surface area contributed by atoms with Gasteiger partial charge in [0.1, 0.15) is 5.75 Å². The van der Waals surface area contributed by atoms with Gasteiger partial charge in [-0.1, -0.05) is 30.3 Å². The standard InChI is InChI=1S/C20H19F3N4O3.HI/c1-24-19(26-12-13-6-2-5-9-16(13)30-20(21,22)23)25-10-11-27-17(28)14-7-3-4-8-15(14)18(27)29;/h2-9H,10-12H2,1H3,(H2,24,25,26);1H. The molecule has 2 N–H and O–H groups in total. The summed E-state index contributed by atoms with van der Waals surface area (Å²) in [6, 6.07) is 12.4. The van der Waals surface area contributed by atoms with Crippen LogP contribution in [0.2, 0.25) is 0 Å². The number of guanidine groups is 1. The van der Waals surface area contributed by atoms with Gasteiger partial charge >= 0.3 is 6.36 Å². The number of alkyl halides is 3. The van der Waals surface area contributed by atoms with Crippen LogP contribution in [0.4, 0.5) is 13.2 Å². The fourth-order valence-corrected chi connectivity index (χ4v) is 3.00. The van der Waals surface area contributed by atoms with Crippen LogP contribution in [0.5, 0.6) is 5.75 Å². The highest BCUT2D eigenvalue weighted by atomic mass is 127. The number of hydrogen-bond acceptors (Lipinski definition) is 4. The second-order valence-electron chi connectivity index (χ2n) is 6.32. The number of imide groups is 1. The quantitative estimate of drug-likeness (QED) is 0.251. The molecule has 2 aromatic carbocycles. The molecule has 3 rings (SSSR count). The lowest BCUT2D eigenvalue weighted by atomic mass is 10.1. The molecule has 2 aromatic rings. The predicted octanol–water partition coefficient (Wildman–Crippen LogP) is 3.16. The van der Waals surface area contributed by atoms with Crippen LogP contribution < -0.4 is 15.4 Å². The molecule has 11 heteroatoms. The highest BCUT2D eigenvalue weighted by molar-refractivity contribution is 14.0. The lowest BCUT2D eigenvalue weighted by molar-refractivity contribution is -0.274. The van der Waals surface area contributed by atoms with E-state index in [1.807, 2.05) is 0 Å². The minimum atomic E-state index is -4.79. The molecule has 0 radical (unpaired) electrons. The third-order valence-electron chi connectivity index (χ3n) is 4.37. The molecule has 1 aliphatic rings. The Labute approximate surface area is 193 Å². The first-order valence-electron chi connectivity index (χ1n) is 9.03. The van der Waals surface area contributed by atoms with E-state index in [9.17, 15) is 22.8 Å². The number of halogens is 4. The fourth-order valence-electron chi connectivity index (χ4n) is 3.00. The van der Waals surface area contributed by atoms with Crippen LogP contribution in [-0.2, 0) is 6.54 Å². The monoisotopic (exact) mass is 548 g/mol. The van der Waals surface area contributed by atoms with E-state index in [1.165, 1.54) is 25.2 Å². The van der Waals surface area contributed by atoms with Gasteiger partial charge in [0.2, 0.25) is 0 Å². The van der Waals surface area contributed by atoms with Gasteiger partial charge < -0.3 is 15.4 Å². The summed E-state index contributed by atoms with van der Waals surface area (Å²) in [6.45, 7) is 0.353. The number of hydrogen-bond donors (Lipinski definition) is 2. The molecule has 0 aromatic heterocycles. The molecule has 0 saturated carbocycles. The van der Waals surface area contributed by atoms with Crippen LogP contribution in [0.1, 0.15) is 26.3 Å². The number of benzene rings is 2. The number of para-hydroxylation sites is 1. The maximum absolute atomic E-state index is 12.5. The van der Waals surface area contributed by atoms with Crippen molar-refractivity contribution in [1.82, 2.24) is 15.5 Å². The Morgan fingerprint density at radius 3 is 2.16 bits per heavy atom. The summed E-state index contributed by atoms with van der Waals surface area (Å²) in [6.07, 6.45) is -4.79. The number of amides is 2. The highest BCUT2D eigenvalue weighted by Crippen LogP contribution is 2.26. The molecule has 0 atom stereocenters. The van der Waals surface area contributed by atoms with Crippen molar-refractivity contribution in [2.24, 2.45) is 4.99 Å². The molecular formula is C20H20F3IN4O3. The Bertz CT molecular complexity index is 947. The van der Waals surface area contributed by atoms with Crippen LogP contribution in [-0.4, -0.2) is 49.2 Å². The molecule has 31 heavy (non-hydrogen) atoms. The van der Waals surface area contributed by atoms with Gasteiger partial charge in [-0.2, -0.15) is 0 Å². The first-order chi connectivity index (χ1) is 14.3. The predicted molar refractivity (Wildman–Crippen MR) is 119 cm³/mol. The SMILES string of the molecule is CN=C(NCCN1C(=O)c2ccccc2C1=O)NCc1ccccc1OC(F)(F)F.I. The maximum atomic E-state index is 12.5. The van der Waals surface area contributed by atoms with Gasteiger partial charge in [-0.3, -0.25) is 19.5 Å². The summed E-state index contributed by atoms with van der Waals surface area (Å²) in [5, 5.41) is 5.81. The molecular weight excluding hydrogens is 528 g/mol. The number of carbonyl (C=O) groups excluding carboxylic acids is 2. The van der Waals surface area contributed by atoms with Crippen molar-refractivity contribution in [3.63, 3.8) is 0 Å². The molecule has 1 aliphatic heterocycles. The van der Waals surface area contributed by atoms with Crippen molar-refractivity contribution in [2.75, 3.05) is 20.1 Å². The first-order valence-corrected chi connectivity index (χ1v) is 9.03. The number of fused-ring (bicyclic) bond motifs is 1. The van der Waals surface area contributed by atoms with Crippen molar-refractivity contribution < 1.29 is 27.5 Å². The number of aliphatic imine (C=N–C) groups is 1. The molecule has 2 amide bonds. The summed E-state index contributed by atoms with van der Waals surface area (Å²) < 4.78 is 41.6. The van der Waals surface area contributed by atoms with Crippen LogP contribution in [0, 0.1) is 0 Å². The van der Waals surface area contributed by atoms with E-state index in [4.69, 9.17) is 0 Å². The minimum absolute atomic E-state index is 0. The average molecular weight is 548 g/mol. The van der Waals surface area contributed by atoms with Crippen molar-refractivity contribution >= 4 is 41.8 Å². The van der Waals surface area contributed by atoms with Gasteiger partial charge in [-0.15, -0.1) is 37.1 Å². The Morgan fingerprint density at radius 2 is 1.58 bits per heavy atom. The second kappa shape index (κ2) is 10.5. The number of nitrogens with one attached hydrogen (secondary N) is 2. The van der Waals surface area contributed by atoms with Gasteiger partial charge in [0, 0.05) is 32.2 Å². The van der Waals surface area contributed by atoms with Gasteiger partial charge in [0.25, 0.3) is 11.8 Å². The number of ether oxygens (including phenoxy) is 1. The third kappa shape index (κ3) is 6.09. The van der Waals surface area contributed by atoms with Gasteiger partial charge in [0.15, 0.2) is 5.96 Å². The van der Waals surface area contributed by atoms with Crippen molar-refractivity contribution in [3.8, 4) is 5.75 Å². The van der Waals surface area contributed by atoms with Gasteiger partial charge in [-0.05, 0) is 18.2 Å². The van der Waals surface area contributed by atoms with E-state index >= 15 is 0 Å². The fraction of sp³-hybridized carbons (Fsp3) is 0.250. The molecule has 0 aliphatic carbocycles. The van der Waals surface area contributed by atoms with Gasteiger partial charge in [0.05, 0.1) is 11.1 Å². The molecule has 0 unspecified atom stereocenters. The number of rotatable bonds is 6. The van der Waals surface area contributed by atoms with Crippen LogP contribution in [0.15, 0.2) is 53.5 Å².